The second-order valence-electron chi connectivity index (χ2n) is 8.51. The number of rotatable bonds is 4. The van der Waals surface area contributed by atoms with Crippen LogP contribution < -0.4 is 0 Å². The zero-order valence-electron chi connectivity index (χ0n) is 16.6. The molecule has 2 aliphatic carbocycles. The first-order valence-electron chi connectivity index (χ1n) is 10.9. The normalized spacial score (nSPS) is 22.6. The monoisotopic (exact) mass is 405 g/mol. The molecule has 1 saturated heterocycles. The SMILES string of the molecule is O=C(OC1CCCCC1)C1CCN(S(=O)(=O)c2ccc3c(c2)CCCC3)CC1. The summed E-state index contributed by atoms with van der Waals surface area (Å²) in [5, 5.41) is 0. The van der Waals surface area contributed by atoms with Crippen LogP contribution in [0.25, 0.3) is 0 Å². The molecule has 1 saturated carbocycles. The molecule has 28 heavy (non-hydrogen) atoms. The molecular weight excluding hydrogens is 374 g/mol. The topological polar surface area (TPSA) is 63.7 Å². The fourth-order valence-corrected chi connectivity index (χ4v) is 6.32. The van der Waals surface area contributed by atoms with Gasteiger partial charge < -0.3 is 4.74 Å². The van der Waals surface area contributed by atoms with Crippen LogP contribution in [0, 0.1) is 5.92 Å². The standard InChI is InChI=1S/C22H31NO4S/c24-22(27-20-8-2-1-3-9-20)18-12-14-23(15-13-18)28(25,26)21-11-10-17-6-4-5-7-19(17)16-21/h10-11,16,18,20H,1-9,12-15H2. The number of sulfonamides is 1. The highest BCUT2D eigenvalue weighted by molar-refractivity contribution is 7.89. The Balaban J connectivity index is 1.36. The van der Waals surface area contributed by atoms with Gasteiger partial charge in [-0.3, -0.25) is 4.79 Å². The Hall–Kier alpha value is -1.40. The maximum Gasteiger partial charge on any atom is 0.309 e. The lowest BCUT2D eigenvalue weighted by Crippen LogP contribution is -2.41. The van der Waals surface area contributed by atoms with Crippen LogP contribution in [0.3, 0.4) is 0 Å². The molecule has 6 heteroatoms. The third kappa shape index (κ3) is 4.28. The van der Waals surface area contributed by atoms with Crippen LogP contribution in [-0.4, -0.2) is 37.9 Å². The number of ether oxygens (including phenoxy) is 1. The van der Waals surface area contributed by atoms with Crippen LogP contribution in [0.2, 0.25) is 0 Å². The Morgan fingerprint density at radius 1 is 0.893 bits per heavy atom. The van der Waals surface area contributed by atoms with E-state index in [0.717, 1.165) is 44.9 Å². The minimum atomic E-state index is -3.49. The van der Waals surface area contributed by atoms with Crippen LogP contribution in [0.15, 0.2) is 23.1 Å². The minimum Gasteiger partial charge on any atom is -0.462 e. The lowest BCUT2D eigenvalue weighted by molar-refractivity contribution is -0.156. The van der Waals surface area contributed by atoms with Gasteiger partial charge in [-0.15, -0.1) is 0 Å². The van der Waals surface area contributed by atoms with Crippen molar-refractivity contribution in [2.75, 3.05) is 13.1 Å². The first kappa shape index (κ1) is 19.9. The maximum absolute atomic E-state index is 13.1. The van der Waals surface area contributed by atoms with Gasteiger partial charge in [0.25, 0.3) is 0 Å². The average molecular weight is 406 g/mol. The molecule has 5 nitrogen and oxygen atoms in total. The molecule has 1 heterocycles. The predicted octanol–water partition coefficient (Wildman–Crippen LogP) is 3.84. The van der Waals surface area contributed by atoms with Gasteiger partial charge in [0, 0.05) is 13.1 Å². The summed E-state index contributed by atoms with van der Waals surface area (Å²) in [5.41, 5.74) is 2.47. The molecule has 0 N–H and O–H groups in total. The Kier molecular flexibility index (Phi) is 6.07. The van der Waals surface area contributed by atoms with Crippen LogP contribution in [-0.2, 0) is 32.4 Å². The van der Waals surface area contributed by atoms with E-state index in [1.54, 1.807) is 10.4 Å². The van der Waals surface area contributed by atoms with E-state index in [0.29, 0.717) is 30.8 Å². The summed E-state index contributed by atoms with van der Waals surface area (Å²) in [6.45, 7) is 0.785. The van der Waals surface area contributed by atoms with Crippen molar-refractivity contribution in [2.45, 2.75) is 81.6 Å². The lowest BCUT2D eigenvalue weighted by atomic mass is 9.92. The largest absolute Gasteiger partial charge is 0.462 e. The smallest absolute Gasteiger partial charge is 0.309 e. The molecule has 0 amide bonds. The summed E-state index contributed by atoms with van der Waals surface area (Å²) < 4.78 is 33.4. The number of hydrogen-bond acceptors (Lipinski definition) is 4. The van der Waals surface area contributed by atoms with Gasteiger partial charge in [-0.2, -0.15) is 4.31 Å². The number of hydrogen-bond donors (Lipinski definition) is 0. The third-order valence-electron chi connectivity index (χ3n) is 6.58. The fourth-order valence-electron chi connectivity index (χ4n) is 4.79. The van der Waals surface area contributed by atoms with Gasteiger partial charge in [-0.1, -0.05) is 12.5 Å². The Labute approximate surface area is 168 Å². The highest BCUT2D eigenvalue weighted by Crippen LogP contribution is 2.29. The molecule has 0 bridgehead atoms. The van der Waals surface area contributed by atoms with E-state index in [1.165, 1.54) is 24.0 Å². The van der Waals surface area contributed by atoms with Gasteiger partial charge in [0.2, 0.25) is 10.0 Å². The van der Waals surface area contributed by atoms with Crippen molar-refractivity contribution in [3.05, 3.63) is 29.3 Å². The molecule has 0 atom stereocenters. The van der Waals surface area contributed by atoms with Crippen molar-refractivity contribution in [3.8, 4) is 0 Å². The first-order valence-corrected chi connectivity index (χ1v) is 12.3. The summed E-state index contributed by atoms with van der Waals surface area (Å²) in [5.74, 6) is -0.297. The average Bonchev–Trinajstić information content (AvgIpc) is 2.74. The highest BCUT2D eigenvalue weighted by atomic mass is 32.2. The third-order valence-corrected chi connectivity index (χ3v) is 8.47. The number of nitrogens with zero attached hydrogens (tertiary/aromatic N) is 1. The molecule has 1 aliphatic heterocycles. The summed E-state index contributed by atoms with van der Waals surface area (Å²) in [6.07, 6.45) is 10.9. The van der Waals surface area contributed by atoms with Gasteiger partial charge in [0.15, 0.2) is 0 Å². The summed E-state index contributed by atoms with van der Waals surface area (Å²) in [7, 11) is -3.49. The van der Waals surface area contributed by atoms with Gasteiger partial charge in [0.05, 0.1) is 10.8 Å². The molecule has 4 rings (SSSR count). The molecule has 0 aromatic heterocycles. The van der Waals surface area contributed by atoms with E-state index in [1.807, 2.05) is 12.1 Å². The van der Waals surface area contributed by atoms with Crippen molar-refractivity contribution >= 4 is 16.0 Å². The predicted molar refractivity (Wildman–Crippen MR) is 108 cm³/mol. The van der Waals surface area contributed by atoms with Gasteiger partial charge in [0.1, 0.15) is 6.10 Å². The fraction of sp³-hybridized carbons (Fsp3) is 0.682. The molecule has 0 spiro atoms. The van der Waals surface area contributed by atoms with Gasteiger partial charge >= 0.3 is 5.97 Å². The van der Waals surface area contributed by atoms with E-state index in [9.17, 15) is 13.2 Å². The number of fused-ring (bicyclic) bond motifs is 1. The van der Waals surface area contributed by atoms with E-state index < -0.39 is 10.0 Å². The van der Waals surface area contributed by atoms with Crippen molar-refractivity contribution in [3.63, 3.8) is 0 Å². The number of piperidine rings is 1. The lowest BCUT2D eigenvalue weighted by Gasteiger charge is -2.31. The number of aryl methyl sites for hydroxylation is 2. The van der Waals surface area contributed by atoms with Gasteiger partial charge in [-0.05, 0) is 87.5 Å². The van der Waals surface area contributed by atoms with Crippen LogP contribution in [0.5, 0.6) is 0 Å². The van der Waals surface area contributed by atoms with Crippen LogP contribution >= 0.6 is 0 Å². The van der Waals surface area contributed by atoms with Crippen molar-refractivity contribution < 1.29 is 17.9 Å². The van der Waals surface area contributed by atoms with E-state index in [2.05, 4.69) is 0 Å². The second kappa shape index (κ2) is 8.54. The molecule has 3 aliphatic rings. The Morgan fingerprint density at radius 2 is 1.57 bits per heavy atom. The number of esters is 1. The van der Waals surface area contributed by atoms with Crippen molar-refractivity contribution in [1.29, 1.82) is 0 Å². The number of benzene rings is 1. The Bertz CT molecular complexity index is 806. The van der Waals surface area contributed by atoms with Crippen LogP contribution in [0.4, 0.5) is 0 Å². The molecule has 0 unspecified atom stereocenters. The zero-order valence-corrected chi connectivity index (χ0v) is 17.4. The summed E-state index contributed by atoms with van der Waals surface area (Å²) >= 11 is 0. The van der Waals surface area contributed by atoms with E-state index in [4.69, 9.17) is 4.74 Å². The Morgan fingerprint density at radius 3 is 2.29 bits per heavy atom. The van der Waals surface area contributed by atoms with Crippen molar-refractivity contribution in [2.24, 2.45) is 5.92 Å². The highest BCUT2D eigenvalue weighted by Gasteiger charge is 2.34. The molecule has 2 fully saturated rings. The molecule has 1 aromatic rings. The zero-order chi connectivity index (χ0) is 19.6. The number of carbonyl (C=O) groups excluding carboxylic acids is 1. The minimum absolute atomic E-state index is 0.0681. The van der Waals surface area contributed by atoms with E-state index in [-0.39, 0.29) is 18.0 Å². The first-order chi connectivity index (χ1) is 13.5. The molecular formula is C22H31NO4S. The molecule has 154 valence electrons. The maximum atomic E-state index is 13.1. The molecule has 0 radical (unpaired) electrons. The summed E-state index contributed by atoms with van der Waals surface area (Å²) in [4.78, 5) is 12.9. The van der Waals surface area contributed by atoms with Gasteiger partial charge in [-0.25, -0.2) is 8.42 Å². The van der Waals surface area contributed by atoms with Crippen molar-refractivity contribution in [1.82, 2.24) is 4.31 Å². The number of carbonyl (C=O) groups is 1. The quantitative estimate of drug-likeness (QED) is 0.714. The van der Waals surface area contributed by atoms with E-state index >= 15 is 0 Å². The molecule has 1 aromatic carbocycles. The summed E-state index contributed by atoms with van der Waals surface area (Å²) in [6, 6.07) is 5.60. The van der Waals surface area contributed by atoms with Crippen LogP contribution in [0.1, 0.15) is 68.9 Å². The second-order valence-corrected chi connectivity index (χ2v) is 10.5.